The van der Waals surface area contributed by atoms with E-state index in [1.165, 1.54) is 0 Å². The molecular formula is C13H18N2O3. The van der Waals surface area contributed by atoms with Crippen LogP contribution in [0.15, 0.2) is 30.4 Å². The van der Waals surface area contributed by atoms with Gasteiger partial charge in [-0.3, -0.25) is 10.1 Å². The Labute approximate surface area is 107 Å². The van der Waals surface area contributed by atoms with Crippen molar-refractivity contribution in [3.05, 3.63) is 40.5 Å². The van der Waals surface area contributed by atoms with E-state index in [1.807, 2.05) is 13.8 Å². The highest BCUT2D eigenvalue weighted by Crippen LogP contribution is 2.34. The molecule has 0 heterocycles. The van der Waals surface area contributed by atoms with E-state index >= 15 is 0 Å². The zero-order valence-electron chi connectivity index (χ0n) is 10.7. The quantitative estimate of drug-likeness (QED) is 0.458. The van der Waals surface area contributed by atoms with E-state index < -0.39 is 4.92 Å². The Bertz CT molecular complexity index is 444. The number of anilines is 1. The summed E-state index contributed by atoms with van der Waals surface area (Å²) in [5, 5.41) is 14.1. The predicted octanol–water partition coefficient (Wildman–Crippen LogP) is 3.37. The van der Waals surface area contributed by atoms with E-state index in [0.717, 1.165) is 12.0 Å². The molecule has 0 radical (unpaired) electrons. The SMILES string of the molecule is C=C(C)CNc1cccc(OCCC)c1[N+](=O)[O-]. The standard InChI is InChI=1S/C13H18N2O3/c1-4-8-18-12-7-5-6-11(13(12)15(16)17)14-9-10(2)3/h5-7,14H,2,4,8-9H2,1,3H3. The van der Waals surface area contributed by atoms with Crippen molar-refractivity contribution in [3.63, 3.8) is 0 Å². The number of nitro benzene ring substituents is 1. The van der Waals surface area contributed by atoms with Crippen molar-refractivity contribution in [2.24, 2.45) is 0 Å². The van der Waals surface area contributed by atoms with Crippen LogP contribution in [0.3, 0.4) is 0 Å². The summed E-state index contributed by atoms with van der Waals surface area (Å²) < 4.78 is 5.39. The molecule has 1 N–H and O–H groups in total. The minimum Gasteiger partial charge on any atom is -0.487 e. The van der Waals surface area contributed by atoms with E-state index in [4.69, 9.17) is 4.74 Å². The van der Waals surface area contributed by atoms with Gasteiger partial charge in [0.15, 0.2) is 5.75 Å². The highest BCUT2D eigenvalue weighted by atomic mass is 16.6. The summed E-state index contributed by atoms with van der Waals surface area (Å²) in [4.78, 5) is 10.7. The number of rotatable bonds is 7. The van der Waals surface area contributed by atoms with Gasteiger partial charge < -0.3 is 10.1 Å². The molecule has 0 bridgehead atoms. The smallest absolute Gasteiger partial charge is 0.333 e. The lowest BCUT2D eigenvalue weighted by Crippen LogP contribution is -2.06. The second-order valence-electron chi connectivity index (χ2n) is 4.07. The third-order valence-corrected chi connectivity index (χ3v) is 2.22. The predicted molar refractivity (Wildman–Crippen MR) is 72.2 cm³/mol. The van der Waals surface area contributed by atoms with Crippen molar-refractivity contribution in [1.29, 1.82) is 0 Å². The molecule has 1 aromatic carbocycles. The van der Waals surface area contributed by atoms with E-state index in [1.54, 1.807) is 18.2 Å². The zero-order valence-corrected chi connectivity index (χ0v) is 10.7. The first-order valence-corrected chi connectivity index (χ1v) is 5.84. The van der Waals surface area contributed by atoms with E-state index in [2.05, 4.69) is 11.9 Å². The lowest BCUT2D eigenvalue weighted by Gasteiger charge is -2.10. The molecule has 0 amide bonds. The fourth-order valence-electron chi connectivity index (χ4n) is 1.43. The van der Waals surface area contributed by atoms with Crippen LogP contribution in [0.4, 0.5) is 11.4 Å². The molecule has 5 nitrogen and oxygen atoms in total. The average molecular weight is 250 g/mol. The van der Waals surface area contributed by atoms with Crippen LogP contribution in [-0.2, 0) is 0 Å². The summed E-state index contributed by atoms with van der Waals surface area (Å²) in [6.45, 7) is 8.53. The topological polar surface area (TPSA) is 64.4 Å². The molecule has 1 aromatic rings. The van der Waals surface area contributed by atoms with Gasteiger partial charge in [0.25, 0.3) is 0 Å². The number of benzene rings is 1. The molecule has 0 saturated carbocycles. The van der Waals surface area contributed by atoms with Gasteiger partial charge in [0.1, 0.15) is 5.69 Å². The van der Waals surface area contributed by atoms with Crippen molar-refractivity contribution in [3.8, 4) is 5.75 Å². The van der Waals surface area contributed by atoms with E-state index in [9.17, 15) is 10.1 Å². The molecule has 0 aliphatic carbocycles. The van der Waals surface area contributed by atoms with Gasteiger partial charge in [0.05, 0.1) is 11.5 Å². The summed E-state index contributed by atoms with van der Waals surface area (Å²) in [5.41, 5.74) is 1.34. The maximum absolute atomic E-state index is 11.1. The Morgan fingerprint density at radius 3 is 2.83 bits per heavy atom. The Morgan fingerprint density at radius 1 is 1.56 bits per heavy atom. The van der Waals surface area contributed by atoms with Crippen molar-refractivity contribution in [1.82, 2.24) is 0 Å². The van der Waals surface area contributed by atoms with Gasteiger partial charge in [-0.2, -0.15) is 0 Å². The number of nitrogens with zero attached hydrogens (tertiary/aromatic N) is 1. The molecule has 0 saturated heterocycles. The first-order valence-electron chi connectivity index (χ1n) is 5.84. The Balaban J connectivity index is 3.01. The average Bonchev–Trinajstić information content (AvgIpc) is 2.33. The van der Waals surface area contributed by atoms with Crippen LogP contribution >= 0.6 is 0 Å². The third kappa shape index (κ3) is 3.76. The second-order valence-corrected chi connectivity index (χ2v) is 4.07. The monoisotopic (exact) mass is 250 g/mol. The second kappa shape index (κ2) is 6.64. The van der Waals surface area contributed by atoms with Gasteiger partial charge in [-0.25, -0.2) is 0 Å². The number of nitro groups is 1. The molecule has 0 fully saturated rings. The summed E-state index contributed by atoms with van der Waals surface area (Å²) >= 11 is 0. The summed E-state index contributed by atoms with van der Waals surface area (Å²) in [6, 6.07) is 5.01. The van der Waals surface area contributed by atoms with Crippen LogP contribution in [0.25, 0.3) is 0 Å². The minimum atomic E-state index is -0.425. The lowest BCUT2D eigenvalue weighted by molar-refractivity contribution is -0.384. The first kappa shape index (κ1) is 14.0. The van der Waals surface area contributed by atoms with Gasteiger partial charge in [0, 0.05) is 6.54 Å². The zero-order chi connectivity index (χ0) is 13.5. The molecular weight excluding hydrogens is 232 g/mol. The molecule has 0 unspecified atom stereocenters. The molecule has 0 atom stereocenters. The van der Waals surface area contributed by atoms with E-state index in [-0.39, 0.29) is 5.69 Å². The maximum atomic E-state index is 11.1. The van der Waals surface area contributed by atoms with Gasteiger partial charge in [0.2, 0.25) is 0 Å². The van der Waals surface area contributed by atoms with Crippen molar-refractivity contribution in [2.45, 2.75) is 20.3 Å². The lowest BCUT2D eigenvalue weighted by atomic mass is 10.2. The number of nitrogens with one attached hydrogen (secondary N) is 1. The third-order valence-electron chi connectivity index (χ3n) is 2.22. The highest BCUT2D eigenvalue weighted by molar-refractivity contribution is 5.68. The minimum absolute atomic E-state index is 0.0211. The van der Waals surface area contributed by atoms with Gasteiger partial charge >= 0.3 is 5.69 Å². The number of ether oxygens (including phenoxy) is 1. The molecule has 0 spiro atoms. The highest BCUT2D eigenvalue weighted by Gasteiger charge is 2.20. The van der Waals surface area contributed by atoms with Crippen molar-refractivity contribution >= 4 is 11.4 Å². The Morgan fingerprint density at radius 2 is 2.28 bits per heavy atom. The van der Waals surface area contributed by atoms with Crippen LogP contribution in [-0.4, -0.2) is 18.1 Å². The van der Waals surface area contributed by atoms with Gasteiger partial charge in [-0.05, 0) is 25.5 Å². The summed E-state index contributed by atoms with van der Waals surface area (Å²) in [6.07, 6.45) is 0.806. The fraction of sp³-hybridized carbons (Fsp3) is 0.385. The van der Waals surface area contributed by atoms with Crippen LogP contribution in [0.1, 0.15) is 20.3 Å². The van der Waals surface area contributed by atoms with Crippen molar-refractivity contribution < 1.29 is 9.66 Å². The molecule has 98 valence electrons. The Kier molecular flexibility index (Phi) is 5.17. The number of hydrogen-bond donors (Lipinski definition) is 1. The molecule has 0 aromatic heterocycles. The summed E-state index contributed by atoms with van der Waals surface area (Å²) in [5.74, 6) is 0.300. The maximum Gasteiger partial charge on any atom is 0.333 e. The van der Waals surface area contributed by atoms with Crippen LogP contribution in [0, 0.1) is 10.1 Å². The van der Waals surface area contributed by atoms with Crippen LogP contribution in [0.5, 0.6) is 5.75 Å². The fourth-order valence-corrected chi connectivity index (χ4v) is 1.43. The molecule has 18 heavy (non-hydrogen) atoms. The largest absolute Gasteiger partial charge is 0.487 e. The van der Waals surface area contributed by atoms with Crippen molar-refractivity contribution in [2.75, 3.05) is 18.5 Å². The van der Waals surface area contributed by atoms with Gasteiger partial charge in [-0.1, -0.05) is 25.1 Å². The van der Waals surface area contributed by atoms with Crippen LogP contribution in [0.2, 0.25) is 0 Å². The molecule has 1 rings (SSSR count). The summed E-state index contributed by atoms with van der Waals surface area (Å²) in [7, 11) is 0. The van der Waals surface area contributed by atoms with Crippen LogP contribution < -0.4 is 10.1 Å². The molecule has 5 heteroatoms. The molecule has 0 aliphatic rings. The number of hydrogen-bond acceptors (Lipinski definition) is 4. The first-order chi connectivity index (χ1) is 8.56. The van der Waals surface area contributed by atoms with E-state index in [0.29, 0.717) is 24.6 Å². The molecule has 0 aliphatic heterocycles. The van der Waals surface area contributed by atoms with Gasteiger partial charge in [-0.15, -0.1) is 0 Å². The normalized spacial score (nSPS) is 9.89. The number of para-hydroxylation sites is 1. The Hall–Kier alpha value is -2.04.